The summed E-state index contributed by atoms with van der Waals surface area (Å²) in [5.41, 5.74) is 5.62. The Hall–Kier alpha value is -1.76. The van der Waals surface area contributed by atoms with Crippen LogP contribution in [0.5, 0.6) is 0 Å². The van der Waals surface area contributed by atoms with Crippen LogP contribution < -0.4 is 11.1 Å². The van der Waals surface area contributed by atoms with E-state index in [1.54, 1.807) is 11.8 Å². The number of nitrogens with two attached hydrogens (primary N) is 1. The van der Waals surface area contributed by atoms with Gasteiger partial charge in [-0.3, -0.25) is 14.9 Å². The molecule has 6 nitrogen and oxygen atoms in total. The molecule has 0 heterocycles. The third-order valence-corrected chi connectivity index (χ3v) is 5.02. The van der Waals surface area contributed by atoms with Crippen LogP contribution >= 0.6 is 11.8 Å². The zero-order valence-corrected chi connectivity index (χ0v) is 12.7. The average Bonchev–Trinajstić information content (AvgIpc) is 2.47. The van der Waals surface area contributed by atoms with Gasteiger partial charge in [0.1, 0.15) is 5.69 Å². The van der Waals surface area contributed by atoms with E-state index in [-0.39, 0.29) is 28.9 Å². The Kier molecular flexibility index (Phi) is 5.06. The summed E-state index contributed by atoms with van der Waals surface area (Å²) in [4.78, 5) is 22.7. The van der Waals surface area contributed by atoms with Crippen molar-refractivity contribution in [3.63, 3.8) is 0 Å². The molecule has 0 bridgehead atoms. The average molecular weight is 309 g/mol. The Bertz CT molecular complexity index is 550. The highest BCUT2D eigenvalue weighted by atomic mass is 32.2. The number of nitrogens with zero attached hydrogens (tertiary/aromatic N) is 1. The molecule has 0 spiro atoms. The third kappa shape index (κ3) is 3.47. The van der Waals surface area contributed by atoms with Gasteiger partial charge in [0, 0.05) is 17.4 Å². The molecule has 1 aliphatic carbocycles. The highest BCUT2D eigenvalue weighted by Gasteiger charge is 2.27. The van der Waals surface area contributed by atoms with Crippen molar-refractivity contribution in [3.05, 3.63) is 33.9 Å². The minimum atomic E-state index is -0.572. The minimum Gasteiger partial charge on any atom is -0.393 e. The molecule has 3 N–H and O–H groups in total. The van der Waals surface area contributed by atoms with Gasteiger partial charge < -0.3 is 11.1 Å². The smallest absolute Gasteiger partial charge is 0.292 e. The van der Waals surface area contributed by atoms with Crippen molar-refractivity contribution < 1.29 is 9.72 Å². The second kappa shape index (κ2) is 6.80. The standard InChI is InChI=1S/C14H19N3O3S/c1-21-12-8-3-2-6-10(12)16-14(18)9-5-4-7-11(13(9)15)17(19)20/h4-5,7,10,12H,2-3,6,8,15H2,1H3,(H,16,18). The maximum atomic E-state index is 12.3. The lowest BCUT2D eigenvalue weighted by molar-refractivity contribution is -0.383. The molecular weight excluding hydrogens is 290 g/mol. The van der Waals surface area contributed by atoms with Crippen molar-refractivity contribution in [2.75, 3.05) is 12.0 Å². The molecule has 1 fully saturated rings. The lowest BCUT2D eigenvalue weighted by atomic mass is 9.94. The third-order valence-electron chi connectivity index (χ3n) is 3.85. The van der Waals surface area contributed by atoms with Crippen LogP contribution in [-0.4, -0.2) is 28.4 Å². The van der Waals surface area contributed by atoms with Crippen LogP contribution in [0.1, 0.15) is 36.0 Å². The molecule has 1 aromatic carbocycles. The Morgan fingerprint density at radius 3 is 2.81 bits per heavy atom. The SMILES string of the molecule is CSC1CCCCC1NC(=O)c1cccc([N+](=O)[O-])c1N. The number of nitrogens with one attached hydrogen (secondary N) is 1. The molecule has 114 valence electrons. The summed E-state index contributed by atoms with van der Waals surface area (Å²) in [7, 11) is 0. The van der Waals surface area contributed by atoms with Crippen LogP contribution in [-0.2, 0) is 0 Å². The largest absolute Gasteiger partial charge is 0.393 e. The van der Waals surface area contributed by atoms with Crippen LogP contribution in [0.4, 0.5) is 11.4 Å². The van der Waals surface area contributed by atoms with Crippen LogP contribution in [0.25, 0.3) is 0 Å². The maximum absolute atomic E-state index is 12.3. The molecule has 1 aromatic rings. The minimum absolute atomic E-state index is 0.0727. The van der Waals surface area contributed by atoms with Gasteiger partial charge in [0.25, 0.3) is 11.6 Å². The number of thioether (sulfide) groups is 1. The first kappa shape index (κ1) is 15.6. The maximum Gasteiger partial charge on any atom is 0.292 e. The lowest BCUT2D eigenvalue weighted by Gasteiger charge is -2.31. The number of para-hydroxylation sites is 1. The van der Waals surface area contributed by atoms with Gasteiger partial charge in [-0.2, -0.15) is 11.8 Å². The number of carbonyl (C=O) groups is 1. The van der Waals surface area contributed by atoms with Crippen molar-refractivity contribution >= 4 is 29.0 Å². The second-order valence-electron chi connectivity index (χ2n) is 5.13. The van der Waals surface area contributed by atoms with E-state index < -0.39 is 4.92 Å². The Balaban J connectivity index is 2.17. The van der Waals surface area contributed by atoms with Gasteiger partial charge in [0.2, 0.25) is 0 Å². The first-order valence-electron chi connectivity index (χ1n) is 6.91. The normalized spacial score (nSPS) is 21.8. The second-order valence-corrected chi connectivity index (χ2v) is 6.21. The number of amides is 1. The quantitative estimate of drug-likeness (QED) is 0.506. The molecule has 2 atom stereocenters. The molecule has 1 aliphatic rings. The first-order chi connectivity index (χ1) is 10.0. The number of hydrogen-bond acceptors (Lipinski definition) is 5. The summed E-state index contributed by atoms with van der Waals surface area (Å²) in [6.07, 6.45) is 6.32. The molecule has 0 saturated heterocycles. The first-order valence-corrected chi connectivity index (χ1v) is 8.20. The van der Waals surface area contributed by atoms with Crippen LogP contribution in [0, 0.1) is 10.1 Å². The predicted octanol–water partition coefficient (Wildman–Crippen LogP) is 2.58. The number of anilines is 1. The molecule has 0 radical (unpaired) electrons. The van der Waals surface area contributed by atoms with Gasteiger partial charge in [-0.25, -0.2) is 0 Å². The summed E-state index contributed by atoms with van der Waals surface area (Å²) in [6.45, 7) is 0. The zero-order chi connectivity index (χ0) is 15.4. The lowest BCUT2D eigenvalue weighted by Crippen LogP contribution is -2.43. The Morgan fingerprint density at radius 1 is 1.43 bits per heavy atom. The molecule has 0 aliphatic heterocycles. The van der Waals surface area contributed by atoms with Crippen molar-refractivity contribution in [1.82, 2.24) is 5.32 Å². The molecular formula is C14H19N3O3S. The number of carbonyl (C=O) groups excluding carboxylic acids is 1. The Labute approximate surface area is 127 Å². The van der Waals surface area contributed by atoms with Gasteiger partial charge >= 0.3 is 0 Å². The van der Waals surface area contributed by atoms with Crippen molar-refractivity contribution in [1.29, 1.82) is 0 Å². The number of nitro benzene ring substituents is 1. The fourth-order valence-electron chi connectivity index (χ4n) is 2.70. The highest BCUT2D eigenvalue weighted by Crippen LogP contribution is 2.29. The summed E-state index contributed by atoms with van der Waals surface area (Å²) in [6, 6.07) is 4.41. The summed E-state index contributed by atoms with van der Waals surface area (Å²) < 4.78 is 0. The van der Waals surface area contributed by atoms with Gasteiger partial charge in [0.15, 0.2) is 0 Å². The van der Waals surface area contributed by atoms with E-state index in [1.807, 2.05) is 6.26 Å². The Morgan fingerprint density at radius 2 is 2.14 bits per heavy atom. The van der Waals surface area contributed by atoms with Gasteiger partial charge in [-0.1, -0.05) is 18.9 Å². The topological polar surface area (TPSA) is 98.3 Å². The molecule has 0 aromatic heterocycles. The number of nitro groups is 1. The van der Waals surface area contributed by atoms with E-state index in [0.29, 0.717) is 5.25 Å². The van der Waals surface area contributed by atoms with Gasteiger partial charge in [0.05, 0.1) is 10.5 Å². The molecule has 1 amide bonds. The number of rotatable bonds is 4. The number of benzene rings is 1. The number of nitrogen functional groups attached to an aromatic ring is 1. The molecule has 2 rings (SSSR count). The van der Waals surface area contributed by atoms with E-state index in [1.165, 1.54) is 24.6 Å². The highest BCUT2D eigenvalue weighted by molar-refractivity contribution is 7.99. The van der Waals surface area contributed by atoms with E-state index in [4.69, 9.17) is 5.73 Å². The van der Waals surface area contributed by atoms with E-state index in [0.717, 1.165) is 19.3 Å². The fraction of sp³-hybridized carbons (Fsp3) is 0.500. The summed E-state index contributed by atoms with van der Waals surface area (Å²) in [5, 5.41) is 14.2. The monoisotopic (exact) mass is 309 g/mol. The molecule has 7 heteroatoms. The molecule has 21 heavy (non-hydrogen) atoms. The number of hydrogen-bond donors (Lipinski definition) is 2. The van der Waals surface area contributed by atoms with E-state index in [2.05, 4.69) is 5.32 Å². The van der Waals surface area contributed by atoms with Crippen molar-refractivity contribution in [2.45, 2.75) is 37.0 Å². The predicted molar refractivity (Wildman–Crippen MR) is 84.5 cm³/mol. The fourth-order valence-corrected chi connectivity index (χ4v) is 3.64. The van der Waals surface area contributed by atoms with Gasteiger partial charge in [-0.05, 0) is 25.2 Å². The molecule has 1 saturated carbocycles. The summed E-state index contributed by atoms with van der Waals surface area (Å²) in [5.74, 6) is -0.331. The van der Waals surface area contributed by atoms with Crippen LogP contribution in [0.15, 0.2) is 18.2 Å². The van der Waals surface area contributed by atoms with Crippen LogP contribution in [0.2, 0.25) is 0 Å². The van der Waals surface area contributed by atoms with E-state index in [9.17, 15) is 14.9 Å². The van der Waals surface area contributed by atoms with Crippen molar-refractivity contribution in [2.24, 2.45) is 0 Å². The van der Waals surface area contributed by atoms with Gasteiger partial charge in [-0.15, -0.1) is 0 Å². The molecule has 2 unspecified atom stereocenters. The summed E-state index contributed by atoms with van der Waals surface area (Å²) >= 11 is 1.75. The van der Waals surface area contributed by atoms with Crippen molar-refractivity contribution in [3.8, 4) is 0 Å². The van der Waals surface area contributed by atoms with Crippen LogP contribution in [0.3, 0.4) is 0 Å². The van der Waals surface area contributed by atoms with E-state index >= 15 is 0 Å². The zero-order valence-electron chi connectivity index (χ0n) is 11.9.